The van der Waals surface area contributed by atoms with E-state index in [1.807, 2.05) is 7.05 Å². The Labute approximate surface area is 244 Å². The molecular formula is C32H35FN4O5. The van der Waals surface area contributed by atoms with Crippen molar-refractivity contribution in [3.8, 4) is 5.75 Å². The van der Waals surface area contributed by atoms with Crippen molar-refractivity contribution in [1.82, 2.24) is 9.80 Å². The number of likely N-dealkylation sites (tertiary alicyclic amines) is 1. The van der Waals surface area contributed by atoms with Crippen LogP contribution in [0.4, 0.5) is 10.1 Å². The number of ketones is 1. The van der Waals surface area contributed by atoms with Crippen LogP contribution < -0.4 is 10.1 Å². The molecule has 3 aliphatic heterocycles. The number of imide groups is 1. The maximum Gasteiger partial charge on any atom is 0.261 e. The van der Waals surface area contributed by atoms with Gasteiger partial charge in [0.15, 0.2) is 5.78 Å². The predicted molar refractivity (Wildman–Crippen MR) is 158 cm³/mol. The number of benzene rings is 2. The number of carbonyl (C=O) groups excluding carboxylic acids is 3. The van der Waals surface area contributed by atoms with Crippen molar-refractivity contribution < 1.29 is 28.6 Å². The highest BCUT2D eigenvalue weighted by Gasteiger charge is 2.42. The molecule has 1 atom stereocenters. The van der Waals surface area contributed by atoms with Gasteiger partial charge in [-0.3, -0.25) is 24.3 Å². The average molecular weight is 575 g/mol. The standard InChI is InChI=1S/C31H31FN4O5.CH4/c1-35-11-9-20(10-12-35)36-30(39)23-13-18-14-27(34-26(18)15-24(23)31(36)40)29-25(3-2-4-28(29)38)33-16-21(37)17-41-22-7-5-19(32)6-8-22;/h2-3,5-8,13,15,20-21,34,37H,4,9-12,14,16-17H2,1H3;1H4/t21-;/m1./s1. The van der Waals surface area contributed by atoms with Crippen molar-refractivity contribution in [2.75, 3.05) is 38.6 Å². The van der Waals surface area contributed by atoms with Gasteiger partial charge in [-0.15, -0.1) is 0 Å². The lowest BCUT2D eigenvalue weighted by atomic mass is 9.94. The minimum atomic E-state index is -0.939. The molecule has 0 radical (unpaired) electrons. The zero-order valence-corrected chi connectivity index (χ0v) is 22.7. The lowest BCUT2D eigenvalue weighted by Gasteiger charge is -2.33. The lowest BCUT2D eigenvalue weighted by molar-refractivity contribution is -0.114. The third-order valence-electron chi connectivity index (χ3n) is 7.99. The number of piperidine rings is 1. The molecule has 4 aliphatic rings. The third-order valence-corrected chi connectivity index (χ3v) is 7.99. The Morgan fingerprint density at radius 3 is 2.50 bits per heavy atom. The molecule has 1 fully saturated rings. The van der Waals surface area contributed by atoms with Crippen LogP contribution >= 0.6 is 0 Å². The summed E-state index contributed by atoms with van der Waals surface area (Å²) in [6, 6.07) is 8.91. The molecular weight excluding hydrogens is 539 g/mol. The van der Waals surface area contributed by atoms with Gasteiger partial charge >= 0.3 is 0 Å². The zero-order valence-electron chi connectivity index (χ0n) is 22.7. The maximum atomic E-state index is 13.3. The molecule has 42 heavy (non-hydrogen) atoms. The number of aliphatic hydroxyl groups is 1. The van der Waals surface area contributed by atoms with Gasteiger partial charge in [0, 0.05) is 30.3 Å². The number of fused-ring (bicyclic) bond motifs is 2. The monoisotopic (exact) mass is 574 g/mol. The molecule has 10 heteroatoms. The summed E-state index contributed by atoms with van der Waals surface area (Å²) >= 11 is 0. The maximum absolute atomic E-state index is 13.3. The number of Topliss-reactive ketones (excluding diaryl/α,β-unsaturated/α-hetero) is 1. The molecule has 2 aromatic rings. The molecule has 9 nitrogen and oxygen atoms in total. The SMILES string of the molecule is C.CN1CCC(N2C(=O)c3cc4c(cc3C2=O)NC(=C2C(=O)CC=CC2=NC[C@@H](O)COc2ccc(F)cc2)C4)CC1. The molecule has 0 bridgehead atoms. The van der Waals surface area contributed by atoms with E-state index in [0.717, 1.165) is 31.5 Å². The highest BCUT2D eigenvalue weighted by atomic mass is 19.1. The number of halogens is 1. The molecule has 1 saturated heterocycles. The number of nitrogens with zero attached hydrogens (tertiary/aromatic N) is 3. The van der Waals surface area contributed by atoms with Gasteiger partial charge in [0.1, 0.15) is 24.3 Å². The van der Waals surface area contributed by atoms with Gasteiger partial charge in [0.25, 0.3) is 11.8 Å². The van der Waals surface area contributed by atoms with Gasteiger partial charge in [-0.1, -0.05) is 13.5 Å². The van der Waals surface area contributed by atoms with Crippen molar-refractivity contribution in [3.05, 3.63) is 82.3 Å². The van der Waals surface area contributed by atoms with Crippen LogP contribution in [0.2, 0.25) is 0 Å². The summed E-state index contributed by atoms with van der Waals surface area (Å²) in [4.78, 5) is 47.7. The largest absolute Gasteiger partial charge is 0.491 e. The number of hydrogen-bond donors (Lipinski definition) is 2. The fourth-order valence-corrected chi connectivity index (χ4v) is 5.79. The van der Waals surface area contributed by atoms with Gasteiger partial charge in [-0.2, -0.15) is 0 Å². The van der Waals surface area contributed by atoms with E-state index in [0.29, 0.717) is 46.0 Å². The van der Waals surface area contributed by atoms with Gasteiger partial charge in [0.05, 0.1) is 29.0 Å². The van der Waals surface area contributed by atoms with Crippen molar-refractivity contribution in [2.45, 2.75) is 45.3 Å². The second-order valence-corrected chi connectivity index (χ2v) is 10.9. The van der Waals surface area contributed by atoms with E-state index >= 15 is 0 Å². The number of rotatable bonds is 6. The minimum absolute atomic E-state index is 0. The van der Waals surface area contributed by atoms with Crippen LogP contribution in [0.1, 0.15) is 53.0 Å². The summed E-state index contributed by atoms with van der Waals surface area (Å²) in [5, 5.41) is 13.7. The molecule has 3 heterocycles. The van der Waals surface area contributed by atoms with E-state index in [1.54, 1.807) is 24.3 Å². The number of anilines is 1. The summed E-state index contributed by atoms with van der Waals surface area (Å²) in [6.07, 6.45) is 4.70. The number of hydrogen-bond acceptors (Lipinski definition) is 8. The summed E-state index contributed by atoms with van der Waals surface area (Å²) in [6.45, 7) is 1.65. The van der Waals surface area contributed by atoms with E-state index in [-0.39, 0.29) is 56.5 Å². The second kappa shape index (κ2) is 12.0. The first-order chi connectivity index (χ1) is 19.8. The quantitative estimate of drug-likeness (QED) is 0.399. The first kappa shape index (κ1) is 29.3. The Morgan fingerprint density at radius 2 is 1.79 bits per heavy atom. The molecule has 0 unspecified atom stereocenters. The first-order valence-electron chi connectivity index (χ1n) is 13.8. The molecule has 2 N–H and O–H groups in total. The van der Waals surface area contributed by atoms with Crippen molar-refractivity contribution in [2.24, 2.45) is 4.99 Å². The number of ether oxygens (including phenoxy) is 1. The van der Waals surface area contributed by atoms with Gasteiger partial charge in [-0.05, 0) is 81.0 Å². The number of carbonyl (C=O) groups is 3. The van der Waals surface area contributed by atoms with Crippen LogP contribution in [-0.4, -0.2) is 83.7 Å². The van der Waals surface area contributed by atoms with Crippen molar-refractivity contribution >= 4 is 29.0 Å². The number of amides is 2. The lowest BCUT2D eigenvalue weighted by Crippen LogP contribution is -2.46. The van der Waals surface area contributed by atoms with Gasteiger partial charge in [0.2, 0.25) is 0 Å². The van der Waals surface area contributed by atoms with E-state index in [2.05, 4.69) is 15.2 Å². The molecule has 0 aromatic heterocycles. The third kappa shape index (κ3) is 5.64. The molecule has 220 valence electrons. The number of aliphatic imine (C=N–C) groups is 1. The average Bonchev–Trinajstić information content (AvgIpc) is 3.48. The normalized spacial score (nSPS) is 22.2. The molecule has 1 aliphatic carbocycles. The Bertz CT molecular complexity index is 1460. The summed E-state index contributed by atoms with van der Waals surface area (Å²) in [7, 11) is 2.04. The van der Waals surface area contributed by atoms with E-state index < -0.39 is 6.10 Å². The number of allylic oxidation sites excluding steroid dienone is 4. The van der Waals surface area contributed by atoms with E-state index in [1.165, 1.54) is 29.2 Å². The van der Waals surface area contributed by atoms with Gasteiger partial charge < -0.3 is 20.1 Å². The van der Waals surface area contributed by atoms with E-state index in [9.17, 15) is 23.9 Å². The summed E-state index contributed by atoms with van der Waals surface area (Å²) in [5.74, 6) is -0.564. The first-order valence-corrected chi connectivity index (χ1v) is 13.8. The Balaban J connectivity index is 0.00000353. The molecule has 0 spiro atoms. The molecule has 2 aromatic carbocycles. The highest BCUT2D eigenvalue weighted by Crippen LogP contribution is 2.38. The topological polar surface area (TPSA) is 112 Å². The van der Waals surface area contributed by atoms with Crippen LogP contribution in [0.5, 0.6) is 5.75 Å². The number of nitrogens with one attached hydrogen (secondary N) is 1. The number of aliphatic hydroxyl groups excluding tert-OH is 1. The van der Waals surface area contributed by atoms with Gasteiger partial charge in [-0.25, -0.2) is 4.39 Å². The summed E-state index contributed by atoms with van der Waals surface area (Å²) in [5.41, 5.74) is 3.87. The van der Waals surface area contributed by atoms with E-state index in [4.69, 9.17) is 4.74 Å². The Hall–Kier alpha value is -4.15. The Kier molecular flexibility index (Phi) is 8.38. The van der Waals surface area contributed by atoms with Crippen molar-refractivity contribution in [3.63, 3.8) is 0 Å². The molecule has 6 rings (SSSR count). The smallest absolute Gasteiger partial charge is 0.261 e. The predicted octanol–water partition coefficient (Wildman–Crippen LogP) is 3.78. The highest BCUT2D eigenvalue weighted by molar-refractivity contribution is 6.29. The Morgan fingerprint density at radius 1 is 1.10 bits per heavy atom. The van der Waals surface area contributed by atoms with Crippen molar-refractivity contribution in [1.29, 1.82) is 0 Å². The van der Waals surface area contributed by atoms with Crippen LogP contribution in [-0.2, 0) is 11.2 Å². The van der Waals surface area contributed by atoms with Crippen LogP contribution in [0, 0.1) is 5.82 Å². The zero-order chi connectivity index (χ0) is 28.7. The molecule has 0 saturated carbocycles. The fraction of sp³-hybridized carbons (Fsp3) is 0.375. The van der Waals surface area contributed by atoms with Crippen LogP contribution in [0.15, 0.2) is 64.8 Å². The van der Waals surface area contributed by atoms with Crippen LogP contribution in [0.25, 0.3) is 0 Å². The molecule has 2 amide bonds. The minimum Gasteiger partial charge on any atom is -0.491 e. The van der Waals surface area contributed by atoms with Crippen LogP contribution in [0.3, 0.4) is 0 Å². The fourth-order valence-electron chi connectivity index (χ4n) is 5.79. The second-order valence-electron chi connectivity index (χ2n) is 10.9. The summed E-state index contributed by atoms with van der Waals surface area (Å²) < 4.78 is 18.6.